The normalized spacial score (nSPS) is 14.4. The molecule has 10 heteroatoms. The molecular weight excluding hydrogens is 418 g/mol. The van der Waals surface area contributed by atoms with Gasteiger partial charge in [0.1, 0.15) is 0 Å². The van der Waals surface area contributed by atoms with Gasteiger partial charge in [0, 0.05) is 31.7 Å². The molecule has 1 aliphatic rings. The van der Waals surface area contributed by atoms with Crippen molar-refractivity contribution in [3.05, 3.63) is 53.6 Å². The molecule has 0 unspecified atom stereocenters. The number of rotatable bonds is 6. The number of carbonyl (C=O) groups is 3. The Bertz CT molecular complexity index is 1060. The molecule has 0 aromatic carbocycles. The van der Waals surface area contributed by atoms with E-state index in [-0.39, 0.29) is 29.4 Å². The molecule has 0 aliphatic carbocycles. The Morgan fingerprint density at radius 1 is 1.19 bits per heavy atom. The Balaban J connectivity index is 1.28. The topological polar surface area (TPSA) is 109 Å². The van der Waals surface area contributed by atoms with Crippen LogP contribution in [0.15, 0.2) is 47.3 Å². The highest BCUT2D eigenvalue weighted by Crippen LogP contribution is 2.26. The second kappa shape index (κ2) is 9.17. The largest absolute Gasteiger partial charge is 0.459 e. The summed E-state index contributed by atoms with van der Waals surface area (Å²) in [6, 6.07) is 6.62. The molecule has 2 N–H and O–H groups in total. The summed E-state index contributed by atoms with van der Waals surface area (Å²) in [4.78, 5) is 39.7. The van der Waals surface area contributed by atoms with Crippen LogP contribution < -0.4 is 10.6 Å². The Morgan fingerprint density at radius 3 is 2.68 bits per heavy atom. The van der Waals surface area contributed by atoms with Gasteiger partial charge in [-0.15, -0.1) is 11.3 Å². The van der Waals surface area contributed by atoms with E-state index >= 15 is 0 Å². The van der Waals surface area contributed by atoms with Gasteiger partial charge in [-0.3, -0.25) is 19.1 Å². The highest BCUT2D eigenvalue weighted by atomic mass is 32.1. The fourth-order valence-electron chi connectivity index (χ4n) is 3.45. The van der Waals surface area contributed by atoms with Crippen molar-refractivity contribution in [3.8, 4) is 0 Å². The molecule has 0 spiro atoms. The summed E-state index contributed by atoms with van der Waals surface area (Å²) in [6.07, 6.45) is 6.08. The Morgan fingerprint density at radius 2 is 2.00 bits per heavy atom. The van der Waals surface area contributed by atoms with Crippen LogP contribution in [0.25, 0.3) is 0 Å². The second-order valence-electron chi connectivity index (χ2n) is 7.24. The number of furan rings is 1. The molecule has 0 atom stereocenters. The molecular formula is C21H23N5O4S. The Labute approximate surface area is 183 Å². The first-order valence-corrected chi connectivity index (χ1v) is 10.9. The number of piperidine rings is 1. The maximum Gasteiger partial charge on any atom is 0.291 e. The van der Waals surface area contributed by atoms with Gasteiger partial charge in [-0.1, -0.05) is 0 Å². The first-order valence-electron chi connectivity index (χ1n) is 10.1. The van der Waals surface area contributed by atoms with Crippen molar-refractivity contribution < 1.29 is 18.8 Å². The number of aryl methyl sites for hydroxylation is 1. The zero-order valence-electron chi connectivity index (χ0n) is 17.0. The fraction of sp³-hybridized carbons (Fsp3) is 0.333. The maximum absolute atomic E-state index is 12.8. The highest BCUT2D eigenvalue weighted by molar-refractivity contribution is 7.18. The standard InChI is InChI=1S/C21H23N5O4S/c1-2-26-13-15(12-22-26)23-19(27)14-7-9-25(10-8-14)21(29)17-5-6-18(31-17)24-20(28)16-4-3-11-30-16/h3-6,11-14H,2,7-10H2,1H3,(H,23,27)(H,24,28). The first kappa shape index (κ1) is 20.9. The molecule has 1 saturated heterocycles. The molecule has 4 heterocycles. The number of thiophene rings is 1. The Hall–Kier alpha value is -3.40. The third-order valence-corrected chi connectivity index (χ3v) is 6.16. The molecule has 4 rings (SSSR count). The lowest BCUT2D eigenvalue weighted by Gasteiger charge is -2.31. The molecule has 3 aromatic rings. The number of nitrogens with zero attached hydrogens (tertiary/aromatic N) is 3. The highest BCUT2D eigenvalue weighted by Gasteiger charge is 2.28. The van der Waals surface area contributed by atoms with Gasteiger partial charge in [0.25, 0.3) is 11.8 Å². The lowest BCUT2D eigenvalue weighted by molar-refractivity contribution is -0.121. The first-order chi connectivity index (χ1) is 15.0. The van der Waals surface area contributed by atoms with Crippen molar-refractivity contribution in [2.75, 3.05) is 23.7 Å². The Kier molecular flexibility index (Phi) is 6.17. The summed E-state index contributed by atoms with van der Waals surface area (Å²) >= 11 is 1.22. The van der Waals surface area contributed by atoms with Gasteiger partial charge in [0.15, 0.2) is 5.76 Å². The molecule has 0 radical (unpaired) electrons. The summed E-state index contributed by atoms with van der Waals surface area (Å²) in [6.45, 7) is 3.75. The number of aromatic nitrogens is 2. The summed E-state index contributed by atoms with van der Waals surface area (Å²) in [5, 5.41) is 10.4. The van der Waals surface area contributed by atoms with E-state index in [9.17, 15) is 14.4 Å². The van der Waals surface area contributed by atoms with E-state index in [1.54, 1.807) is 46.2 Å². The van der Waals surface area contributed by atoms with Crippen LogP contribution >= 0.6 is 11.3 Å². The van der Waals surface area contributed by atoms with Crippen LogP contribution in [0.1, 0.15) is 40.0 Å². The van der Waals surface area contributed by atoms with E-state index in [4.69, 9.17) is 4.42 Å². The summed E-state index contributed by atoms with van der Waals surface area (Å²) in [7, 11) is 0. The molecule has 0 saturated carbocycles. The zero-order chi connectivity index (χ0) is 21.8. The molecule has 1 fully saturated rings. The van der Waals surface area contributed by atoms with Gasteiger partial charge in [-0.05, 0) is 44.0 Å². The van der Waals surface area contributed by atoms with Crippen molar-refractivity contribution in [1.29, 1.82) is 0 Å². The predicted molar refractivity (Wildman–Crippen MR) is 116 cm³/mol. The quantitative estimate of drug-likeness (QED) is 0.610. The minimum absolute atomic E-state index is 0.0400. The third kappa shape index (κ3) is 4.85. The molecule has 0 bridgehead atoms. The van der Waals surface area contributed by atoms with Crippen LogP contribution in [0, 0.1) is 5.92 Å². The van der Waals surface area contributed by atoms with Gasteiger partial charge in [-0.2, -0.15) is 5.10 Å². The van der Waals surface area contributed by atoms with Crippen LogP contribution in [0.4, 0.5) is 10.7 Å². The SMILES string of the molecule is CCn1cc(NC(=O)C2CCN(C(=O)c3ccc(NC(=O)c4ccco4)s3)CC2)cn1. The number of nitrogens with one attached hydrogen (secondary N) is 2. The number of hydrogen-bond acceptors (Lipinski definition) is 6. The van der Waals surface area contributed by atoms with Crippen molar-refractivity contribution in [2.24, 2.45) is 5.92 Å². The average Bonchev–Trinajstić information content (AvgIpc) is 3.55. The van der Waals surface area contributed by atoms with E-state index in [0.29, 0.717) is 41.5 Å². The lowest BCUT2D eigenvalue weighted by atomic mass is 9.95. The van der Waals surface area contributed by atoms with Gasteiger partial charge in [0.05, 0.1) is 28.0 Å². The lowest BCUT2D eigenvalue weighted by Crippen LogP contribution is -2.41. The maximum atomic E-state index is 12.8. The molecule has 31 heavy (non-hydrogen) atoms. The third-order valence-electron chi connectivity index (χ3n) is 5.18. The van der Waals surface area contributed by atoms with Crippen molar-refractivity contribution >= 4 is 39.7 Å². The molecule has 162 valence electrons. The van der Waals surface area contributed by atoms with Crippen LogP contribution in [0.2, 0.25) is 0 Å². The van der Waals surface area contributed by atoms with E-state index in [2.05, 4.69) is 15.7 Å². The van der Waals surface area contributed by atoms with Crippen molar-refractivity contribution in [1.82, 2.24) is 14.7 Å². The van der Waals surface area contributed by atoms with Gasteiger partial charge in [-0.25, -0.2) is 0 Å². The van der Waals surface area contributed by atoms with E-state index < -0.39 is 0 Å². The summed E-state index contributed by atoms with van der Waals surface area (Å²) in [5.74, 6) is -0.417. The average molecular weight is 442 g/mol. The number of hydrogen-bond donors (Lipinski definition) is 2. The van der Waals surface area contributed by atoms with Crippen molar-refractivity contribution in [3.63, 3.8) is 0 Å². The van der Waals surface area contributed by atoms with Crippen LogP contribution in [0.5, 0.6) is 0 Å². The molecule has 1 aliphatic heterocycles. The van der Waals surface area contributed by atoms with E-state index in [1.807, 2.05) is 6.92 Å². The van der Waals surface area contributed by atoms with Gasteiger partial charge in [0.2, 0.25) is 5.91 Å². The second-order valence-corrected chi connectivity index (χ2v) is 8.32. The van der Waals surface area contributed by atoms with Gasteiger partial charge < -0.3 is 20.0 Å². The summed E-state index contributed by atoms with van der Waals surface area (Å²) < 4.78 is 6.82. The van der Waals surface area contributed by atoms with Crippen molar-refractivity contribution in [2.45, 2.75) is 26.3 Å². The molecule has 9 nitrogen and oxygen atoms in total. The minimum atomic E-state index is -0.359. The number of anilines is 2. The number of amides is 3. The number of carbonyl (C=O) groups excluding carboxylic acids is 3. The van der Waals surface area contributed by atoms with Crippen LogP contribution in [-0.2, 0) is 11.3 Å². The monoisotopic (exact) mass is 441 g/mol. The fourth-order valence-corrected chi connectivity index (χ4v) is 4.32. The van der Waals surface area contributed by atoms with E-state index in [1.165, 1.54) is 17.6 Å². The molecule has 3 amide bonds. The predicted octanol–water partition coefficient (Wildman–Crippen LogP) is 3.30. The smallest absolute Gasteiger partial charge is 0.291 e. The van der Waals surface area contributed by atoms with E-state index in [0.717, 1.165) is 6.54 Å². The van der Waals surface area contributed by atoms with Gasteiger partial charge >= 0.3 is 0 Å². The molecule has 3 aromatic heterocycles. The summed E-state index contributed by atoms with van der Waals surface area (Å²) in [5.41, 5.74) is 0.688. The zero-order valence-corrected chi connectivity index (χ0v) is 17.9. The van der Waals surface area contributed by atoms with Crippen LogP contribution in [0.3, 0.4) is 0 Å². The minimum Gasteiger partial charge on any atom is -0.459 e. The van der Waals surface area contributed by atoms with Crippen LogP contribution in [-0.4, -0.2) is 45.5 Å². The number of likely N-dealkylation sites (tertiary alicyclic amines) is 1.